The smallest absolute Gasteiger partial charge is 0.143 e. The molecule has 5 nitrogen and oxygen atoms in total. The third-order valence-corrected chi connectivity index (χ3v) is 4.50. The van der Waals surface area contributed by atoms with Crippen molar-refractivity contribution in [1.82, 2.24) is 14.5 Å². The first-order valence-electron chi connectivity index (χ1n) is 8.38. The van der Waals surface area contributed by atoms with E-state index in [9.17, 15) is 5.11 Å². The maximum atomic E-state index is 9.34. The first kappa shape index (κ1) is 15.4. The molecule has 0 aromatic carbocycles. The molecule has 0 saturated heterocycles. The SMILES string of the molecule is CC1C=Cc2c(c3ccc(Nc4ccc(O)cn4)nc3n2C)C=CC1. The predicted octanol–water partition coefficient (Wildman–Crippen LogP) is 4.48. The standard InChI is InChI=1S/C20H20N4O/c1-13-4-3-5-15-16-8-11-19(22-18-10-7-14(25)12-21-18)23-20(16)24(2)17(15)9-6-13/h3,5-13,25H,4H2,1-2H3,(H,21,22,23). The maximum Gasteiger partial charge on any atom is 0.143 e. The molecule has 0 fully saturated rings. The van der Waals surface area contributed by atoms with E-state index in [0.717, 1.165) is 23.3 Å². The second-order valence-electron chi connectivity index (χ2n) is 6.43. The van der Waals surface area contributed by atoms with Gasteiger partial charge in [0.2, 0.25) is 0 Å². The molecule has 0 bridgehead atoms. The van der Waals surface area contributed by atoms with Gasteiger partial charge in [-0.1, -0.05) is 25.2 Å². The average molecular weight is 332 g/mol. The Morgan fingerprint density at radius 1 is 1.16 bits per heavy atom. The summed E-state index contributed by atoms with van der Waals surface area (Å²) in [5.41, 5.74) is 3.31. The summed E-state index contributed by atoms with van der Waals surface area (Å²) in [5, 5.41) is 13.7. The highest BCUT2D eigenvalue weighted by Crippen LogP contribution is 2.30. The summed E-state index contributed by atoms with van der Waals surface area (Å²) in [6.45, 7) is 2.22. The van der Waals surface area contributed by atoms with Gasteiger partial charge < -0.3 is 15.0 Å². The van der Waals surface area contributed by atoms with Gasteiger partial charge >= 0.3 is 0 Å². The Morgan fingerprint density at radius 2 is 2.00 bits per heavy atom. The summed E-state index contributed by atoms with van der Waals surface area (Å²) in [5.74, 6) is 2.05. The Bertz CT molecular complexity index is 983. The lowest BCUT2D eigenvalue weighted by atomic mass is 10.0. The summed E-state index contributed by atoms with van der Waals surface area (Å²) in [6.07, 6.45) is 11.3. The first-order chi connectivity index (χ1) is 12.1. The number of nitrogens with zero attached hydrogens (tertiary/aromatic N) is 3. The number of pyridine rings is 2. The molecule has 0 spiro atoms. The zero-order chi connectivity index (χ0) is 17.4. The van der Waals surface area contributed by atoms with Crippen molar-refractivity contribution in [3.8, 4) is 5.75 Å². The van der Waals surface area contributed by atoms with Gasteiger partial charge in [-0.25, -0.2) is 9.97 Å². The largest absolute Gasteiger partial charge is 0.506 e. The summed E-state index contributed by atoms with van der Waals surface area (Å²) in [6, 6.07) is 7.36. The minimum absolute atomic E-state index is 0.143. The Hall–Kier alpha value is -3.08. The summed E-state index contributed by atoms with van der Waals surface area (Å²) >= 11 is 0. The molecular formula is C20H20N4O. The molecule has 2 N–H and O–H groups in total. The molecule has 3 aromatic heterocycles. The van der Waals surface area contributed by atoms with Crippen LogP contribution in [0, 0.1) is 5.92 Å². The monoisotopic (exact) mass is 332 g/mol. The zero-order valence-electron chi connectivity index (χ0n) is 14.3. The van der Waals surface area contributed by atoms with Gasteiger partial charge in [-0.2, -0.15) is 0 Å². The molecule has 1 aliphatic carbocycles. The van der Waals surface area contributed by atoms with Gasteiger partial charge in [0.25, 0.3) is 0 Å². The van der Waals surface area contributed by atoms with Gasteiger partial charge in [0.15, 0.2) is 0 Å². The van der Waals surface area contributed by atoms with Crippen LogP contribution < -0.4 is 5.32 Å². The van der Waals surface area contributed by atoms with Crippen LogP contribution in [0.1, 0.15) is 24.6 Å². The van der Waals surface area contributed by atoms with Crippen LogP contribution in [0.4, 0.5) is 11.6 Å². The van der Waals surface area contributed by atoms with Crippen LogP contribution in [0.15, 0.2) is 42.6 Å². The summed E-state index contributed by atoms with van der Waals surface area (Å²) in [7, 11) is 2.04. The lowest BCUT2D eigenvalue weighted by molar-refractivity contribution is 0.473. The molecule has 0 amide bonds. The quantitative estimate of drug-likeness (QED) is 0.726. The van der Waals surface area contributed by atoms with E-state index >= 15 is 0 Å². The van der Waals surface area contributed by atoms with Crippen LogP contribution in [0.3, 0.4) is 0 Å². The van der Waals surface area contributed by atoms with Crippen LogP contribution >= 0.6 is 0 Å². The Kier molecular flexibility index (Phi) is 3.76. The minimum atomic E-state index is 0.143. The molecule has 5 heteroatoms. The van der Waals surface area contributed by atoms with E-state index in [1.165, 1.54) is 17.5 Å². The van der Waals surface area contributed by atoms with Crippen LogP contribution in [0.5, 0.6) is 5.75 Å². The van der Waals surface area contributed by atoms with Gasteiger partial charge in [0, 0.05) is 23.7 Å². The van der Waals surface area contributed by atoms with Gasteiger partial charge in [0.1, 0.15) is 23.0 Å². The van der Waals surface area contributed by atoms with E-state index in [1.54, 1.807) is 12.1 Å². The lowest BCUT2D eigenvalue weighted by Gasteiger charge is -2.06. The van der Waals surface area contributed by atoms with Crippen LogP contribution in [0.2, 0.25) is 0 Å². The maximum absolute atomic E-state index is 9.34. The fourth-order valence-corrected chi connectivity index (χ4v) is 3.12. The second kappa shape index (κ2) is 6.09. The molecule has 0 radical (unpaired) electrons. The molecule has 4 rings (SSSR count). The van der Waals surface area contributed by atoms with Gasteiger partial charge in [-0.05, 0) is 42.7 Å². The van der Waals surface area contributed by atoms with Gasteiger partial charge in [-0.3, -0.25) is 0 Å². The Balaban J connectivity index is 1.77. The summed E-state index contributed by atoms with van der Waals surface area (Å²) in [4.78, 5) is 8.90. The van der Waals surface area contributed by atoms with Crippen molar-refractivity contribution in [2.75, 3.05) is 5.32 Å². The third kappa shape index (κ3) is 2.89. The molecule has 1 aliphatic rings. The molecule has 1 unspecified atom stereocenters. The fraction of sp³-hybridized carbons (Fsp3) is 0.200. The van der Waals surface area contributed by atoms with E-state index in [1.807, 2.05) is 13.1 Å². The zero-order valence-corrected chi connectivity index (χ0v) is 14.3. The number of rotatable bonds is 2. The Morgan fingerprint density at radius 3 is 2.80 bits per heavy atom. The number of hydrogen-bond acceptors (Lipinski definition) is 4. The normalized spacial score (nSPS) is 16.5. The minimum Gasteiger partial charge on any atom is -0.506 e. The van der Waals surface area contributed by atoms with E-state index < -0.39 is 0 Å². The van der Waals surface area contributed by atoms with Crippen molar-refractivity contribution < 1.29 is 5.11 Å². The van der Waals surface area contributed by atoms with Gasteiger partial charge in [-0.15, -0.1) is 0 Å². The number of nitrogens with one attached hydrogen (secondary N) is 1. The predicted molar refractivity (Wildman–Crippen MR) is 102 cm³/mol. The third-order valence-electron chi connectivity index (χ3n) is 4.50. The lowest BCUT2D eigenvalue weighted by Crippen LogP contribution is -1.98. The second-order valence-corrected chi connectivity index (χ2v) is 6.43. The van der Waals surface area contributed by atoms with Crippen molar-refractivity contribution >= 4 is 34.8 Å². The fourth-order valence-electron chi connectivity index (χ4n) is 3.12. The molecular weight excluding hydrogens is 312 g/mol. The van der Waals surface area contributed by atoms with Crippen LogP contribution in [0.25, 0.3) is 23.2 Å². The first-order valence-corrected chi connectivity index (χ1v) is 8.38. The number of fused-ring (bicyclic) bond motifs is 3. The number of hydrogen-bond donors (Lipinski definition) is 2. The number of aromatic hydroxyl groups is 1. The molecule has 126 valence electrons. The van der Waals surface area contributed by atoms with Crippen molar-refractivity contribution in [2.45, 2.75) is 13.3 Å². The highest BCUT2D eigenvalue weighted by atomic mass is 16.3. The molecule has 0 aliphatic heterocycles. The number of aryl methyl sites for hydroxylation is 1. The molecule has 3 heterocycles. The molecule has 3 aromatic rings. The van der Waals surface area contributed by atoms with Crippen molar-refractivity contribution in [1.29, 1.82) is 0 Å². The van der Waals surface area contributed by atoms with E-state index in [4.69, 9.17) is 4.98 Å². The molecule has 1 atom stereocenters. The van der Waals surface area contributed by atoms with Crippen LogP contribution in [-0.2, 0) is 7.05 Å². The van der Waals surface area contributed by atoms with E-state index in [2.05, 4.69) is 52.2 Å². The highest BCUT2D eigenvalue weighted by molar-refractivity contribution is 5.93. The average Bonchev–Trinajstić information content (AvgIpc) is 2.84. The Labute approximate surface area is 146 Å². The number of allylic oxidation sites excluding steroid dienone is 2. The van der Waals surface area contributed by atoms with Crippen molar-refractivity contribution in [3.63, 3.8) is 0 Å². The number of anilines is 2. The summed E-state index contributed by atoms with van der Waals surface area (Å²) < 4.78 is 2.12. The van der Waals surface area contributed by atoms with Gasteiger partial charge in [0.05, 0.1) is 6.20 Å². The topological polar surface area (TPSA) is 63.0 Å². The van der Waals surface area contributed by atoms with Crippen molar-refractivity contribution in [2.24, 2.45) is 13.0 Å². The highest BCUT2D eigenvalue weighted by Gasteiger charge is 2.14. The van der Waals surface area contributed by atoms with E-state index in [-0.39, 0.29) is 5.75 Å². The van der Waals surface area contributed by atoms with Crippen molar-refractivity contribution in [3.05, 3.63) is 53.9 Å². The molecule has 0 saturated carbocycles. The van der Waals surface area contributed by atoms with Crippen LogP contribution in [-0.4, -0.2) is 19.6 Å². The molecule has 25 heavy (non-hydrogen) atoms. The number of aromatic nitrogens is 3. The van der Waals surface area contributed by atoms with E-state index in [0.29, 0.717) is 11.7 Å².